The second kappa shape index (κ2) is 17.5. The van der Waals surface area contributed by atoms with Crippen LogP contribution in [0.2, 0.25) is 0 Å². The fourth-order valence-corrected chi connectivity index (χ4v) is 3.95. The zero-order valence-electron chi connectivity index (χ0n) is 20.8. The highest BCUT2D eigenvalue weighted by Crippen LogP contribution is 2.07. The summed E-state index contributed by atoms with van der Waals surface area (Å²) in [5, 5.41) is 17.3. The van der Waals surface area contributed by atoms with Crippen LogP contribution in [0.3, 0.4) is 0 Å². The highest BCUT2D eigenvalue weighted by Gasteiger charge is 2.29. The van der Waals surface area contributed by atoms with Crippen LogP contribution in [0.25, 0.3) is 0 Å². The van der Waals surface area contributed by atoms with Crippen molar-refractivity contribution in [2.75, 3.05) is 24.3 Å². The number of benzene rings is 1. The minimum Gasteiger partial charge on any atom is -0.480 e. The third kappa shape index (κ3) is 12.7. The second-order valence-corrected chi connectivity index (χ2v) is 9.58. The number of carbonyl (C=O) groups excluding carboxylic acids is 3. The van der Waals surface area contributed by atoms with Crippen LogP contribution in [0, 0.1) is 0 Å². The number of thiol groups is 1. The van der Waals surface area contributed by atoms with E-state index in [2.05, 4.69) is 33.6 Å². The molecule has 37 heavy (non-hydrogen) atoms. The quantitative estimate of drug-likeness (QED) is 0.0502. The first-order valence-electron chi connectivity index (χ1n) is 11.7. The van der Waals surface area contributed by atoms with Gasteiger partial charge in [0, 0.05) is 18.7 Å². The van der Waals surface area contributed by atoms with E-state index in [1.807, 2.05) is 12.3 Å². The first-order valence-corrected chi connectivity index (χ1v) is 13.7. The van der Waals surface area contributed by atoms with Gasteiger partial charge in [-0.3, -0.25) is 19.4 Å². The summed E-state index contributed by atoms with van der Waals surface area (Å²) in [5.41, 5.74) is 17.2. The summed E-state index contributed by atoms with van der Waals surface area (Å²) in [6.45, 7) is 0.313. The van der Waals surface area contributed by atoms with Crippen LogP contribution in [0.15, 0.2) is 35.3 Å². The number of hydrogen-bond donors (Lipinski definition) is 8. The maximum absolute atomic E-state index is 13.0. The Morgan fingerprint density at radius 2 is 1.57 bits per heavy atom. The van der Waals surface area contributed by atoms with Crippen LogP contribution < -0.4 is 33.2 Å². The van der Waals surface area contributed by atoms with Gasteiger partial charge in [0.1, 0.15) is 18.1 Å². The van der Waals surface area contributed by atoms with Crippen LogP contribution in [-0.4, -0.2) is 83.2 Å². The predicted octanol–water partition coefficient (Wildman–Crippen LogP) is -1.17. The average molecular weight is 556 g/mol. The number of hydrogen-bond acceptors (Lipinski definition) is 8. The Morgan fingerprint density at radius 1 is 0.973 bits per heavy atom. The van der Waals surface area contributed by atoms with E-state index in [-0.39, 0.29) is 24.6 Å². The van der Waals surface area contributed by atoms with Crippen molar-refractivity contribution < 1.29 is 24.3 Å². The van der Waals surface area contributed by atoms with Crippen molar-refractivity contribution in [2.45, 2.75) is 49.9 Å². The van der Waals surface area contributed by atoms with E-state index in [4.69, 9.17) is 17.2 Å². The number of aliphatic imine (C=N–C) groups is 1. The molecule has 0 bridgehead atoms. The van der Waals surface area contributed by atoms with E-state index < -0.39 is 47.9 Å². The third-order valence-electron chi connectivity index (χ3n) is 5.26. The molecule has 3 amide bonds. The summed E-state index contributed by atoms with van der Waals surface area (Å²) < 4.78 is 0. The molecule has 0 aliphatic rings. The van der Waals surface area contributed by atoms with Gasteiger partial charge in [0.2, 0.25) is 17.7 Å². The Kier molecular flexibility index (Phi) is 15.1. The van der Waals surface area contributed by atoms with Crippen LogP contribution in [0.5, 0.6) is 0 Å². The van der Waals surface area contributed by atoms with Crippen LogP contribution >= 0.6 is 24.4 Å². The lowest BCUT2D eigenvalue weighted by Gasteiger charge is -2.24. The number of carboxylic acids is 1. The maximum Gasteiger partial charge on any atom is 0.326 e. The van der Waals surface area contributed by atoms with E-state index in [0.717, 1.165) is 5.56 Å². The third-order valence-corrected chi connectivity index (χ3v) is 6.27. The van der Waals surface area contributed by atoms with Gasteiger partial charge in [-0.25, -0.2) is 4.79 Å². The minimum atomic E-state index is -1.19. The summed E-state index contributed by atoms with van der Waals surface area (Å²) in [6.07, 6.45) is 2.95. The zero-order chi connectivity index (χ0) is 27.8. The molecular formula is C23H37N7O5S2. The van der Waals surface area contributed by atoms with Crippen molar-refractivity contribution >= 4 is 54.0 Å². The Labute approximate surface area is 226 Å². The van der Waals surface area contributed by atoms with E-state index in [1.165, 1.54) is 11.8 Å². The fourth-order valence-electron chi connectivity index (χ4n) is 3.22. The molecule has 0 heterocycles. The molecule has 0 aromatic heterocycles. The molecule has 10 N–H and O–H groups in total. The molecule has 0 aliphatic carbocycles. The van der Waals surface area contributed by atoms with Crippen molar-refractivity contribution in [1.82, 2.24) is 16.0 Å². The van der Waals surface area contributed by atoms with Crippen molar-refractivity contribution in [3.63, 3.8) is 0 Å². The topological polar surface area (TPSA) is 215 Å². The van der Waals surface area contributed by atoms with Crippen molar-refractivity contribution in [2.24, 2.45) is 22.2 Å². The molecule has 0 spiro atoms. The van der Waals surface area contributed by atoms with Crippen LogP contribution in [-0.2, 0) is 25.6 Å². The van der Waals surface area contributed by atoms with Gasteiger partial charge < -0.3 is 38.3 Å². The number of carbonyl (C=O) groups is 4. The van der Waals surface area contributed by atoms with Crippen molar-refractivity contribution in [3.8, 4) is 0 Å². The molecule has 206 valence electrons. The highest BCUT2D eigenvalue weighted by molar-refractivity contribution is 7.98. The standard InChI is InChI=1S/C23H37N7O5S2/c1-37-11-9-16(20(32)29-17(22(34)35)12-14-6-3-2-4-7-14)28-21(33)18(13-36)30-19(31)15(24)8-5-10-27-23(25)26/h2-4,6-7,15-18,36H,5,8-13,24H2,1H3,(H,28,33)(H,29,32)(H,30,31)(H,34,35)(H4,25,26,27). The van der Waals surface area contributed by atoms with Crippen molar-refractivity contribution in [1.29, 1.82) is 0 Å². The Balaban J connectivity index is 2.79. The second-order valence-electron chi connectivity index (χ2n) is 8.23. The number of aliphatic carboxylic acids is 1. The number of nitrogens with zero attached hydrogens (tertiary/aromatic N) is 1. The van der Waals surface area contributed by atoms with Gasteiger partial charge in [0.05, 0.1) is 6.04 Å². The van der Waals surface area contributed by atoms with E-state index in [9.17, 15) is 24.3 Å². The van der Waals surface area contributed by atoms with Gasteiger partial charge in [-0.2, -0.15) is 24.4 Å². The molecule has 0 saturated carbocycles. The van der Waals surface area contributed by atoms with Crippen LogP contribution in [0.1, 0.15) is 24.8 Å². The maximum atomic E-state index is 13.0. The van der Waals surface area contributed by atoms with Gasteiger partial charge in [-0.05, 0) is 36.8 Å². The number of thioether (sulfide) groups is 1. The van der Waals surface area contributed by atoms with E-state index in [0.29, 0.717) is 25.1 Å². The molecule has 12 nitrogen and oxygen atoms in total. The first-order chi connectivity index (χ1) is 17.6. The summed E-state index contributed by atoms with van der Waals surface area (Å²) in [5.74, 6) is -2.58. The lowest BCUT2D eigenvalue weighted by Crippen LogP contribution is -2.58. The van der Waals surface area contributed by atoms with Gasteiger partial charge in [-0.15, -0.1) is 0 Å². The molecule has 4 atom stereocenters. The summed E-state index contributed by atoms with van der Waals surface area (Å²) in [7, 11) is 0. The Hall–Kier alpha value is -2.97. The zero-order valence-corrected chi connectivity index (χ0v) is 22.5. The van der Waals surface area contributed by atoms with Crippen molar-refractivity contribution in [3.05, 3.63) is 35.9 Å². The highest BCUT2D eigenvalue weighted by atomic mass is 32.2. The minimum absolute atomic E-state index is 0.0408. The Bertz CT molecular complexity index is 916. The summed E-state index contributed by atoms with van der Waals surface area (Å²) in [6, 6.07) is 4.76. The molecule has 1 aromatic rings. The number of nitrogens with two attached hydrogens (primary N) is 3. The lowest BCUT2D eigenvalue weighted by molar-refractivity contribution is -0.142. The van der Waals surface area contributed by atoms with E-state index in [1.54, 1.807) is 24.3 Å². The number of guanidine groups is 1. The number of nitrogens with one attached hydrogen (secondary N) is 3. The van der Waals surface area contributed by atoms with Gasteiger partial charge in [-0.1, -0.05) is 30.3 Å². The molecule has 0 fully saturated rings. The molecule has 0 saturated heterocycles. The molecule has 0 radical (unpaired) electrons. The fraction of sp³-hybridized carbons (Fsp3) is 0.522. The molecule has 0 aliphatic heterocycles. The normalized spacial score (nSPS) is 13.9. The van der Waals surface area contributed by atoms with Crippen LogP contribution in [0.4, 0.5) is 0 Å². The lowest BCUT2D eigenvalue weighted by atomic mass is 10.1. The monoisotopic (exact) mass is 555 g/mol. The SMILES string of the molecule is CSCCC(NC(=O)C(CS)NC(=O)C(N)CCCN=C(N)N)C(=O)NC(Cc1ccccc1)C(=O)O. The molecule has 4 unspecified atom stereocenters. The first kappa shape index (κ1) is 32.1. The molecule has 14 heteroatoms. The Morgan fingerprint density at radius 3 is 2.14 bits per heavy atom. The number of amides is 3. The summed E-state index contributed by atoms with van der Waals surface area (Å²) in [4.78, 5) is 53.9. The molecular weight excluding hydrogens is 518 g/mol. The van der Waals surface area contributed by atoms with E-state index >= 15 is 0 Å². The molecule has 1 aromatic carbocycles. The molecule has 1 rings (SSSR count). The number of carboxylic acid groups (broad SMARTS) is 1. The predicted molar refractivity (Wildman–Crippen MR) is 148 cm³/mol. The van der Waals surface area contributed by atoms with Gasteiger partial charge >= 0.3 is 5.97 Å². The van der Waals surface area contributed by atoms with Gasteiger partial charge in [0.25, 0.3) is 0 Å². The number of rotatable bonds is 17. The average Bonchev–Trinajstić information content (AvgIpc) is 2.86. The van der Waals surface area contributed by atoms with Gasteiger partial charge in [0.15, 0.2) is 5.96 Å². The largest absolute Gasteiger partial charge is 0.480 e. The summed E-state index contributed by atoms with van der Waals surface area (Å²) >= 11 is 5.61. The smallest absolute Gasteiger partial charge is 0.326 e.